The number of aliphatic hydroxyl groups excluding tert-OH is 1. The molecule has 0 saturated heterocycles. The first-order valence-corrected chi connectivity index (χ1v) is 4.02. The van der Waals surface area contributed by atoms with Gasteiger partial charge in [0, 0.05) is 0 Å². The van der Waals surface area contributed by atoms with Crippen LogP contribution in [-0.4, -0.2) is 17.3 Å². The Bertz CT molecular complexity index is 71.7. The minimum Gasteiger partial charge on any atom is -0.391 e. The first-order valence-electron chi connectivity index (χ1n) is 4.02. The zero-order valence-electron chi connectivity index (χ0n) is 6.84. The van der Waals surface area contributed by atoms with Crippen molar-refractivity contribution in [2.75, 3.05) is 0 Å². The zero-order valence-corrected chi connectivity index (χ0v) is 6.84. The Kier molecular flexibility index (Phi) is 5.64. The van der Waals surface area contributed by atoms with Gasteiger partial charge in [0.1, 0.15) is 6.10 Å². The molecule has 0 rings (SSSR count). The molecule has 0 amide bonds. The van der Waals surface area contributed by atoms with Crippen molar-refractivity contribution in [2.24, 2.45) is 0 Å². The van der Waals surface area contributed by atoms with Gasteiger partial charge in [-0.25, -0.2) is 5.11 Å². The van der Waals surface area contributed by atoms with Crippen molar-refractivity contribution < 1.29 is 10.2 Å². The normalized spacial score (nSPS) is 16.8. The highest BCUT2D eigenvalue weighted by atomic mass is 16.3. The second-order valence-corrected chi connectivity index (χ2v) is 2.77. The van der Waals surface area contributed by atoms with Crippen molar-refractivity contribution >= 4 is 0 Å². The Labute approximate surface area is 62.9 Å². The molecule has 0 saturated carbocycles. The highest BCUT2D eigenvalue weighted by molar-refractivity contribution is 4.60. The lowest BCUT2D eigenvalue weighted by Gasteiger charge is -2.09. The standard InChI is InChI=1S/C8H17O2/c1-3-4-5-6-8(10)7(2)9/h7-9H,3-6H2,1-2H3. The van der Waals surface area contributed by atoms with Crippen LogP contribution in [0.1, 0.15) is 39.5 Å². The van der Waals surface area contributed by atoms with Gasteiger partial charge in [0.25, 0.3) is 0 Å². The SMILES string of the molecule is CCCCCC([O])C(C)O. The summed E-state index contributed by atoms with van der Waals surface area (Å²) in [7, 11) is 0. The predicted octanol–water partition coefficient (Wildman–Crippen LogP) is 1.75. The molecular weight excluding hydrogens is 128 g/mol. The van der Waals surface area contributed by atoms with E-state index in [1.807, 2.05) is 0 Å². The number of hydrogen-bond donors (Lipinski definition) is 1. The molecule has 0 aromatic carbocycles. The van der Waals surface area contributed by atoms with Crippen molar-refractivity contribution in [1.29, 1.82) is 0 Å². The van der Waals surface area contributed by atoms with E-state index in [4.69, 9.17) is 5.11 Å². The number of unbranched alkanes of at least 4 members (excludes halogenated alkanes) is 2. The van der Waals surface area contributed by atoms with Crippen LogP contribution in [0.5, 0.6) is 0 Å². The summed E-state index contributed by atoms with van der Waals surface area (Å²) in [6.07, 6.45) is 2.35. The maximum atomic E-state index is 10.9. The van der Waals surface area contributed by atoms with Crippen LogP contribution in [0.25, 0.3) is 0 Å². The second-order valence-electron chi connectivity index (χ2n) is 2.77. The average Bonchev–Trinajstić information content (AvgIpc) is 1.88. The molecule has 2 nitrogen and oxygen atoms in total. The van der Waals surface area contributed by atoms with Crippen LogP contribution in [0.15, 0.2) is 0 Å². The molecule has 0 heterocycles. The molecule has 10 heavy (non-hydrogen) atoms. The minimum atomic E-state index is -0.772. The van der Waals surface area contributed by atoms with Crippen LogP contribution in [0.4, 0.5) is 0 Å². The van der Waals surface area contributed by atoms with E-state index in [2.05, 4.69) is 6.92 Å². The maximum absolute atomic E-state index is 10.9. The Morgan fingerprint density at radius 1 is 1.40 bits per heavy atom. The van der Waals surface area contributed by atoms with Crippen molar-refractivity contribution in [3.8, 4) is 0 Å². The highest BCUT2D eigenvalue weighted by Gasteiger charge is 2.11. The summed E-state index contributed by atoms with van der Waals surface area (Å²) in [5.74, 6) is 0. The second kappa shape index (κ2) is 5.69. The number of hydrogen-bond acceptors (Lipinski definition) is 1. The van der Waals surface area contributed by atoms with Gasteiger partial charge in [-0.1, -0.05) is 26.2 Å². The Morgan fingerprint density at radius 2 is 2.00 bits per heavy atom. The van der Waals surface area contributed by atoms with Gasteiger partial charge in [0.05, 0.1) is 6.10 Å². The molecule has 2 heteroatoms. The third-order valence-electron chi connectivity index (χ3n) is 1.63. The predicted molar refractivity (Wildman–Crippen MR) is 40.3 cm³/mol. The first kappa shape index (κ1) is 9.92. The molecule has 2 atom stereocenters. The van der Waals surface area contributed by atoms with Crippen LogP contribution in [0.3, 0.4) is 0 Å². The molecule has 0 spiro atoms. The third-order valence-corrected chi connectivity index (χ3v) is 1.63. The van der Waals surface area contributed by atoms with E-state index in [0.717, 1.165) is 19.3 Å². The van der Waals surface area contributed by atoms with Crippen molar-refractivity contribution in [3.05, 3.63) is 0 Å². The van der Waals surface area contributed by atoms with E-state index in [-0.39, 0.29) is 0 Å². The lowest BCUT2D eigenvalue weighted by atomic mass is 10.1. The van der Waals surface area contributed by atoms with Gasteiger partial charge in [-0.3, -0.25) is 0 Å². The largest absolute Gasteiger partial charge is 0.391 e. The van der Waals surface area contributed by atoms with E-state index in [1.54, 1.807) is 6.92 Å². The maximum Gasteiger partial charge on any atom is 0.118 e. The summed E-state index contributed by atoms with van der Waals surface area (Å²) < 4.78 is 0. The quantitative estimate of drug-likeness (QED) is 0.588. The van der Waals surface area contributed by atoms with E-state index in [9.17, 15) is 5.11 Å². The lowest BCUT2D eigenvalue weighted by Crippen LogP contribution is -2.20. The molecule has 0 fully saturated rings. The fourth-order valence-corrected chi connectivity index (χ4v) is 0.837. The van der Waals surface area contributed by atoms with Crippen LogP contribution < -0.4 is 0 Å². The molecule has 0 aliphatic carbocycles. The summed E-state index contributed by atoms with van der Waals surface area (Å²) in [5, 5.41) is 19.7. The van der Waals surface area contributed by atoms with Gasteiger partial charge in [-0.05, 0) is 13.3 Å². The lowest BCUT2D eigenvalue weighted by molar-refractivity contribution is -0.0217. The smallest absolute Gasteiger partial charge is 0.118 e. The van der Waals surface area contributed by atoms with Gasteiger partial charge < -0.3 is 5.11 Å². The molecule has 0 aromatic heterocycles. The monoisotopic (exact) mass is 145 g/mol. The van der Waals surface area contributed by atoms with E-state index < -0.39 is 12.2 Å². The Balaban J connectivity index is 3.13. The summed E-state index contributed by atoms with van der Waals surface area (Å²) in [5.41, 5.74) is 0. The fraction of sp³-hybridized carbons (Fsp3) is 1.00. The van der Waals surface area contributed by atoms with Crippen LogP contribution >= 0.6 is 0 Å². The summed E-state index contributed by atoms with van der Waals surface area (Å²) in [6.45, 7) is 3.66. The molecule has 1 N–H and O–H groups in total. The summed E-state index contributed by atoms with van der Waals surface area (Å²) in [6, 6.07) is 0. The van der Waals surface area contributed by atoms with Gasteiger partial charge >= 0.3 is 0 Å². The van der Waals surface area contributed by atoms with Crippen LogP contribution in [-0.2, 0) is 5.11 Å². The molecule has 0 aliphatic heterocycles. The van der Waals surface area contributed by atoms with E-state index in [0.29, 0.717) is 6.42 Å². The molecular formula is C8H17O2. The van der Waals surface area contributed by atoms with E-state index in [1.165, 1.54) is 0 Å². The van der Waals surface area contributed by atoms with Crippen molar-refractivity contribution in [3.63, 3.8) is 0 Å². The third kappa shape index (κ3) is 4.77. The van der Waals surface area contributed by atoms with Gasteiger partial charge in [0.2, 0.25) is 0 Å². The molecule has 2 unspecified atom stereocenters. The first-order chi connectivity index (χ1) is 4.68. The molecule has 1 radical (unpaired) electrons. The van der Waals surface area contributed by atoms with Crippen LogP contribution in [0.2, 0.25) is 0 Å². The number of aliphatic hydroxyl groups is 1. The Morgan fingerprint density at radius 3 is 2.40 bits per heavy atom. The van der Waals surface area contributed by atoms with Crippen LogP contribution in [0, 0.1) is 0 Å². The van der Waals surface area contributed by atoms with E-state index >= 15 is 0 Å². The highest BCUT2D eigenvalue weighted by Crippen LogP contribution is 2.06. The van der Waals surface area contributed by atoms with Crippen molar-refractivity contribution in [2.45, 2.75) is 51.7 Å². The summed E-state index contributed by atoms with van der Waals surface area (Å²) in [4.78, 5) is 0. The average molecular weight is 145 g/mol. The van der Waals surface area contributed by atoms with Gasteiger partial charge in [0.15, 0.2) is 0 Å². The molecule has 0 bridgehead atoms. The zero-order chi connectivity index (χ0) is 7.98. The molecule has 61 valence electrons. The van der Waals surface area contributed by atoms with Crippen molar-refractivity contribution in [1.82, 2.24) is 0 Å². The molecule has 0 aromatic rings. The Hall–Kier alpha value is -0.0800. The minimum absolute atomic E-state index is 0.617. The number of rotatable bonds is 5. The molecule has 0 aliphatic rings. The fourth-order valence-electron chi connectivity index (χ4n) is 0.837. The summed E-state index contributed by atoms with van der Waals surface area (Å²) >= 11 is 0. The van der Waals surface area contributed by atoms with Gasteiger partial charge in [-0.15, -0.1) is 0 Å². The van der Waals surface area contributed by atoms with Gasteiger partial charge in [-0.2, -0.15) is 0 Å². The topological polar surface area (TPSA) is 40.1 Å².